The Balaban J connectivity index is 1.63. The van der Waals surface area contributed by atoms with Crippen LogP contribution in [0.15, 0.2) is 42.7 Å². The molecule has 1 atom stereocenters. The summed E-state index contributed by atoms with van der Waals surface area (Å²) in [5, 5.41) is 1.84. The summed E-state index contributed by atoms with van der Waals surface area (Å²) in [6.45, 7) is 4.23. The van der Waals surface area contributed by atoms with Crippen LogP contribution in [0.4, 0.5) is 0 Å². The van der Waals surface area contributed by atoms with Gasteiger partial charge in [-0.15, -0.1) is 0 Å². The molecule has 1 N–H and O–H groups in total. The van der Waals surface area contributed by atoms with Crippen molar-refractivity contribution in [2.75, 3.05) is 0 Å². The fourth-order valence-electron chi connectivity index (χ4n) is 3.60. The molecule has 152 valence electrons. The van der Waals surface area contributed by atoms with E-state index in [0.717, 1.165) is 31.2 Å². The Kier molecular flexibility index (Phi) is 6.54. The monoisotopic (exact) mass is 403 g/mol. The summed E-state index contributed by atoms with van der Waals surface area (Å²) in [4.78, 5) is 16.7. The van der Waals surface area contributed by atoms with Crippen molar-refractivity contribution in [3.05, 3.63) is 54.1 Å². The maximum atomic E-state index is 12.8. The van der Waals surface area contributed by atoms with E-state index in [1.807, 2.05) is 34.9 Å². The predicted octanol–water partition coefficient (Wildman–Crippen LogP) is 2.93. The van der Waals surface area contributed by atoms with Gasteiger partial charge in [0.05, 0.1) is 0 Å². The van der Waals surface area contributed by atoms with Crippen LogP contribution in [-0.2, 0) is 26.9 Å². The summed E-state index contributed by atoms with van der Waals surface area (Å²) in [7, 11) is -3.65. The number of hydrogen-bond acceptors (Lipinski definition) is 4. The van der Waals surface area contributed by atoms with E-state index >= 15 is 0 Å². The fourth-order valence-corrected chi connectivity index (χ4v) is 4.84. The summed E-state index contributed by atoms with van der Waals surface area (Å²) < 4.78 is 27.5. The maximum Gasteiger partial charge on any atom is 0.238 e. The summed E-state index contributed by atoms with van der Waals surface area (Å²) in [6, 6.07) is 9.89. The number of imidazole rings is 1. The lowest BCUT2D eigenvalue weighted by Crippen LogP contribution is -2.45. The van der Waals surface area contributed by atoms with Gasteiger partial charge in [-0.2, -0.15) is 0 Å². The van der Waals surface area contributed by atoms with Gasteiger partial charge in [0.2, 0.25) is 5.91 Å². The van der Waals surface area contributed by atoms with Gasteiger partial charge in [-0.05, 0) is 44.1 Å². The van der Waals surface area contributed by atoms with Crippen molar-refractivity contribution in [2.45, 2.75) is 63.1 Å². The number of aromatic nitrogens is 2. The number of hydrogen-bond donors (Lipinski definition) is 1. The minimum Gasteiger partial charge on any atom is -0.352 e. The zero-order valence-electron chi connectivity index (χ0n) is 16.5. The first-order chi connectivity index (χ1) is 13.3. The first-order valence-electron chi connectivity index (χ1n) is 9.91. The van der Waals surface area contributed by atoms with Crippen molar-refractivity contribution in [3.8, 4) is 0 Å². The van der Waals surface area contributed by atoms with Gasteiger partial charge in [-0.25, -0.2) is 13.4 Å². The quantitative estimate of drug-likeness (QED) is 0.771. The molecule has 0 aliphatic heterocycles. The van der Waals surface area contributed by atoms with Gasteiger partial charge in [0.1, 0.15) is 16.8 Å². The third-order valence-electron chi connectivity index (χ3n) is 5.60. The fraction of sp³-hybridized carbons (Fsp3) is 0.524. The van der Waals surface area contributed by atoms with Crippen LogP contribution in [0.5, 0.6) is 0 Å². The van der Waals surface area contributed by atoms with E-state index in [4.69, 9.17) is 0 Å². The summed E-state index contributed by atoms with van der Waals surface area (Å²) in [5.41, 5.74) is 1.07. The number of nitrogens with zero attached hydrogens (tertiary/aromatic N) is 2. The van der Waals surface area contributed by atoms with Crippen LogP contribution in [0, 0.1) is 5.92 Å². The van der Waals surface area contributed by atoms with E-state index in [1.54, 1.807) is 12.4 Å². The molecule has 1 saturated carbocycles. The Morgan fingerprint density at radius 1 is 1.21 bits per heavy atom. The van der Waals surface area contributed by atoms with E-state index in [-0.39, 0.29) is 11.8 Å². The number of benzene rings is 1. The number of nitrogens with one attached hydrogen (secondary N) is 1. The van der Waals surface area contributed by atoms with E-state index < -0.39 is 21.0 Å². The molecule has 1 heterocycles. The lowest BCUT2D eigenvalue weighted by atomic mass is 9.87. The Hall–Kier alpha value is -2.15. The number of carbonyl (C=O) groups is 1. The molecule has 2 aromatic rings. The molecule has 0 spiro atoms. The number of sulfone groups is 1. The van der Waals surface area contributed by atoms with Crippen molar-refractivity contribution in [1.29, 1.82) is 0 Å². The van der Waals surface area contributed by atoms with Crippen molar-refractivity contribution in [3.63, 3.8) is 0 Å². The lowest BCUT2D eigenvalue weighted by molar-refractivity contribution is -0.121. The van der Waals surface area contributed by atoms with Gasteiger partial charge in [-0.3, -0.25) is 4.79 Å². The summed E-state index contributed by atoms with van der Waals surface area (Å²) in [6.07, 6.45) is 7.35. The molecule has 0 radical (unpaired) electrons. The molecule has 0 saturated heterocycles. The minimum atomic E-state index is -3.65. The van der Waals surface area contributed by atoms with Crippen LogP contribution in [0.25, 0.3) is 0 Å². The van der Waals surface area contributed by atoms with Crippen molar-refractivity contribution in [2.24, 2.45) is 5.92 Å². The molecule has 3 rings (SSSR count). The van der Waals surface area contributed by atoms with Crippen LogP contribution in [0.1, 0.15) is 50.9 Å². The van der Waals surface area contributed by atoms with Crippen molar-refractivity contribution < 1.29 is 13.2 Å². The molecule has 1 fully saturated rings. The first-order valence-corrected chi connectivity index (χ1v) is 11.6. The zero-order chi connectivity index (χ0) is 20.1. The average Bonchev–Trinajstić information content (AvgIpc) is 3.09. The topological polar surface area (TPSA) is 81.1 Å². The van der Waals surface area contributed by atoms with Crippen LogP contribution >= 0.6 is 0 Å². The third kappa shape index (κ3) is 5.22. The predicted molar refractivity (Wildman–Crippen MR) is 109 cm³/mol. The van der Waals surface area contributed by atoms with Crippen molar-refractivity contribution in [1.82, 2.24) is 14.9 Å². The van der Waals surface area contributed by atoms with Gasteiger partial charge in [-0.1, -0.05) is 37.3 Å². The minimum absolute atomic E-state index is 0.0846. The number of rotatable bonds is 7. The van der Waals surface area contributed by atoms with Gasteiger partial charge in [0, 0.05) is 25.0 Å². The second kappa shape index (κ2) is 8.90. The highest BCUT2D eigenvalue weighted by Crippen LogP contribution is 2.23. The molecule has 1 amide bonds. The van der Waals surface area contributed by atoms with E-state index in [1.165, 1.54) is 6.92 Å². The third-order valence-corrected chi connectivity index (χ3v) is 7.55. The number of carbonyl (C=O) groups excluding carboxylic acids is 1. The molecular weight excluding hydrogens is 374 g/mol. The molecule has 0 bridgehead atoms. The van der Waals surface area contributed by atoms with Crippen LogP contribution in [0.2, 0.25) is 0 Å². The van der Waals surface area contributed by atoms with Gasteiger partial charge in [0.25, 0.3) is 0 Å². The van der Waals surface area contributed by atoms with Gasteiger partial charge < -0.3 is 9.88 Å². The average molecular weight is 404 g/mol. The SMILES string of the molecule is CC1CCC(NC(=O)C(C)S(=O)(=O)Cc2nccn2Cc2ccccc2)CC1. The Labute approximate surface area is 167 Å². The zero-order valence-corrected chi connectivity index (χ0v) is 17.4. The Morgan fingerprint density at radius 3 is 2.57 bits per heavy atom. The first kappa shape index (κ1) is 20.6. The van der Waals surface area contributed by atoms with Crippen LogP contribution < -0.4 is 5.32 Å². The normalized spacial score (nSPS) is 21.2. The second-order valence-corrected chi connectivity index (χ2v) is 10.2. The maximum absolute atomic E-state index is 12.8. The highest BCUT2D eigenvalue weighted by atomic mass is 32.2. The van der Waals surface area contributed by atoms with Crippen LogP contribution in [-0.4, -0.2) is 35.2 Å². The lowest BCUT2D eigenvalue weighted by Gasteiger charge is -2.27. The standard InChI is InChI=1S/C21H29N3O3S/c1-16-8-10-19(11-9-16)23-21(25)17(2)28(26,27)15-20-22-12-13-24(20)14-18-6-4-3-5-7-18/h3-7,12-13,16-17,19H,8-11,14-15H2,1-2H3,(H,23,25). The highest BCUT2D eigenvalue weighted by molar-refractivity contribution is 7.92. The molecule has 1 aliphatic rings. The molecule has 1 aromatic carbocycles. The van der Waals surface area contributed by atoms with Gasteiger partial charge in [0.15, 0.2) is 9.84 Å². The smallest absolute Gasteiger partial charge is 0.238 e. The largest absolute Gasteiger partial charge is 0.352 e. The highest BCUT2D eigenvalue weighted by Gasteiger charge is 2.31. The molecule has 6 nitrogen and oxygen atoms in total. The molecule has 1 aliphatic carbocycles. The van der Waals surface area contributed by atoms with E-state index in [2.05, 4.69) is 17.2 Å². The molecular formula is C21H29N3O3S. The van der Waals surface area contributed by atoms with E-state index in [0.29, 0.717) is 18.3 Å². The Morgan fingerprint density at radius 2 is 1.89 bits per heavy atom. The Bertz CT molecular complexity index is 885. The number of amides is 1. The molecule has 28 heavy (non-hydrogen) atoms. The van der Waals surface area contributed by atoms with E-state index in [9.17, 15) is 13.2 Å². The van der Waals surface area contributed by atoms with Crippen molar-refractivity contribution >= 4 is 15.7 Å². The second-order valence-electron chi connectivity index (χ2n) is 7.87. The molecule has 1 unspecified atom stereocenters. The van der Waals surface area contributed by atoms with Crippen LogP contribution in [0.3, 0.4) is 0 Å². The molecule has 7 heteroatoms. The molecule has 1 aromatic heterocycles. The summed E-state index contributed by atoms with van der Waals surface area (Å²) >= 11 is 0. The van der Waals surface area contributed by atoms with Gasteiger partial charge >= 0.3 is 0 Å². The summed E-state index contributed by atoms with van der Waals surface area (Å²) in [5.74, 6) is 0.483.